The van der Waals surface area contributed by atoms with Gasteiger partial charge in [-0.05, 0) is 37.6 Å². The van der Waals surface area contributed by atoms with Crippen LogP contribution in [0.25, 0.3) is 11.6 Å². The van der Waals surface area contributed by atoms with Crippen molar-refractivity contribution in [3.8, 4) is 11.5 Å². The summed E-state index contributed by atoms with van der Waals surface area (Å²) in [4.78, 5) is 0. The van der Waals surface area contributed by atoms with Crippen LogP contribution < -0.4 is 9.47 Å². The van der Waals surface area contributed by atoms with E-state index in [9.17, 15) is 5.11 Å². The molecule has 3 heteroatoms. The van der Waals surface area contributed by atoms with Gasteiger partial charge < -0.3 is 14.6 Å². The summed E-state index contributed by atoms with van der Waals surface area (Å²) in [5.41, 5.74) is 1.83. The number of aliphatic hydroxyl groups is 1. The number of methoxy groups -OCH3 is 1. The monoisotopic (exact) mass is 322 g/mol. The molecule has 3 rings (SSSR count). The van der Waals surface area contributed by atoms with Crippen LogP contribution in [0.4, 0.5) is 0 Å². The van der Waals surface area contributed by atoms with Crippen LogP contribution in [0.5, 0.6) is 11.5 Å². The van der Waals surface area contributed by atoms with E-state index in [1.54, 1.807) is 19.3 Å². The smallest absolute Gasteiger partial charge is 0.244 e. The van der Waals surface area contributed by atoms with Crippen molar-refractivity contribution in [2.75, 3.05) is 7.11 Å². The van der Waals surface area contributed by atoms with Crippen molar-refractivity contribution in [3.05, 3.63) is 72.3 Å². The fourth-order valence-corrected chi connectivity index (χ4v) is 2.83. The molecule has 0 aromatic heterocycles. The average molecular weight is 322 g/mol. The van der Waals surface area contributed by atoms with Gasteiger partial charge in [-0.25, -0.2) is 0 Å². The summed E-state index contributed by atoms with van der Waals surface area (Å²) in [5, 5.41) is 11.5. The molecule has 24 heavy (non-hydrogen) atoms. The number of hydrogen-bond donors (Lipinski definition) is 1. The minimum absolute atomic E-state index is 0.589. The van der Waals surface area contributed by atoms with E-state index in [4.69, 9.17) is 9.47 Å². The highest BCUT2D eigenvalue weighted by atomic mass is 16.6. The van der Waals surface area contributed by atoms with Gasteiger partial charge in [-0.15, -0.1) is 6.58 Å². The number of fused-ring (bicyclic) bond motifs is 1. The maximum Gasteiger partial charge on any atom is 0.244 e. The molecule has 1 unspecified atom stereocenters. The molecule has 0 saturated heterocycles. The van der Waals surface area contributed by atoms with Crippen molar-refractivity contribution in [2.45, 2.75) is 19.6 Å². The first-order valence-corrected chi connectivity index (χ1v) is 7.92. The van der Waals surface area contributed by atoms with E-state index in [0.29, 0.717) is 17.1 Å². The summed E-state index contributed by atoms with van der Waals surface area (Å²) in [6, 6.07) is 15.4. The second-order valence-corrected chi connectivity index (χ2v) is 6.50. The van der Waals surface area contributed by atoms with Gasteiger partial charge in [-0.2, -0.15) is 0 Å². The van der Waals surface area contributed by atoms with Gasteiger partial charge in [-0.1, -0.05) is 36.4 Å². The Balaban J connectivity index is 2.23. The Kier molecular flexibility index (Phi) is 3.98. The molecule has 3 nitrogen and oxygen atoms in total. The summed E-state index contributed by atoms with van der Waals surface area (Å²) in [7, 11) is 1.61. The Morgan fingerprint density at radius 1 is 1.17 bits per heavy atom. The molecule has 0 fully saturated rings. The van der Waals surface area contributed by atoms with E-state index in [1.807, 2.05) is 62.4 Å². The third kappa shape index (κ3) is 2.51. The van der Waals surface area contributed by atoms with Gasteiger partial charge in [-0.3, -0.25) is 0 Å². The van der Waals surface area contributed by atoms with E-state index < -0.39 is 11.2 Å². The van der Waals surface area contributed by atoms with Crippen LogP contribution in [0.3, 0.4) is 0 Å². The van der Waals surface area contributed by atoms with E-state index in [-0.39, 0.29) is 0 Å². The van der Waals surface area contributed by atoms with E-state index >= 15 is 0 Å². The van der Waals surface area contributed by atoms with Gasteiger partial charge >= 0.3 is 0 Å². The number of rotatable bonds is 4. The summed E-state index contributed by atoms with van der Waals surface area (Å²) in [6.45, 7) is 7.69. The normalized spacial score (nSPS) is 19.8. The standard InChI is InChI=1S/C21H22O3/c1-5-20(2,3)21(22)18(15-9-7-6-8-10-15)13-16-11-12-17(23-4)14-19(16)24-21/h5-14,22H,1H2,2-4H3. The fraction of sp³-hybridized carbons (Fsp3) is 0.238. The third-order valence-electron chi connectivity index (χ3n) is 4.61. The van der Waals surface area contributed by atoms with Crippen LogP contribution in [-0.4, -0.2) is 18.0 Å². The number of benzene rings is 2. The Morgan fingerprint density at radius 2 is 1.88 bits per heavy atom. The van der Waals surface area contributed by atoms with Crippen molar-refractivity contribution < 1.29 is 14.6 Å². The van der Waals surface area contributed by atoms with E-state index in [0.717, 1.165) is 11.1 Å². The molecule has 1 aliphatic rings. The van der Waals surface area contributed by atoms with Gasteiger partial charge in [0.05, 0.1) is 12.5 Å². The lowest BCUT2D eigenvalue weighted by Gasteiger charge is -2.44. The van der Waals surface area contributed by atoms with Gasteiger partial charge in [0, 0.05) is 17.2 Å². The quantitative estimate of drug-likeness (QED) is 0.841. The zero-order chi connectivity index (χ0) is 17.4. The van der Waals surface area contributed by atoms with Gasteiger partial charge in [0.15, 0.2) is 0 Å². The Bertz CT molecular complexity index is 790. The molecule has 1 N–H and O–H groups in total. The van der Waals surface area contributed by atoms with Crippen molar-refractivity contribution in [1.82, 2.24) is 0 Å². The molecule has 0 aliphatic carbocycles. The van der Waals surface area contributed by atoms with Crippen molar-refractivity contribution in [1.29, 1.82) is 0 Å². The summed E-state index contributed by atoms with van der Waals surface area (Å²) in [5.74, 6) is -0.259. The predicted octanol–water partition coefficient (Wildman–Crippen LogP) is 4.53. The molecule has 0 radical (unpaired) electrons. The average Bonchev–Trinajstić information content (AvgIpc) is 2.61. The first-order chi connectivity index (χ1) is 11.4. The molecule has 0 spiro atoms. The first-order valence-electron chi connectivity index (χ1n) is 7.92. The van der Waals surface area contributed by atoms with Crippen LogP contribution in [0.1, 0.15) is 25.0 Å². The topological polar surface area (TPSA) is 38.7 Å². The largest absolute Gasteiger partial charge is 0.497 e. The molecule has 0 bridgehead atoms. The highest BCUT2D eigenvalue weighted by Gasteiger charge is 2.49. The predicted molar refractivity (Wildman–Crippen MR) is 96.9 cm³/mol. The zero-order valence-corrected chi connectivity index (χ0v) is 14.2. The number of ether oxygens (including phenoxy) is 2. The van der Waals surface area contributed by atoms with Crippen LogP contribution in [0.2, 0.25) is 0 Å². The molecule has 1 heterocycles. The van der Waals surface area contributed by atoms with Crippen molar-refractivity contribution >= 4 is 11.6 Å². The zero-order valence-electron chi connectivity index (χ0n) is 14.2. The second kappa shape index (κ2) is 5.84. The molecule has 1 aliphatic heterocycles. The highest BCUT2D eigenvalue weighted by molar-refractivity contribution is 5.89. The minimum Gasteiger partial charge on any atom is -0.497 e. The lowest BCUT2D eigenvalue weighted by Crippen LogP contribution is -2.50. The Hall–Kier alpha value is -2.52. The molecule has 2 aromatic rings. The number of hydrogen-bond acceptors (Lipinski definition) is 3. The maximum absolute atomic E-state index is 11.5. The van der Waals surface area contributed by atoms with Crippen LogP contribution in [0, 0.1) is 5.41 Å². The van der Waals surface area contributed by atoms with Crippen molar-refractivity contribution in [2.24, 2.45) is 5.41 Å². The van der Waals surface area contributed by atoms with E-state index in [2.05, 4.69) is 6.58 Å². The van der Waals surface area contributed by atoms with Gasteiger partial charge in [0.2, 0.25) is 5.79 Å². The molecule has 2 aromatic carbocycles. The highest BCUT2D eigenvalue weighted by Crippen LogP contribution is 2.49. The molecule has 1 atom stereocenters. The molecule has 0 amide bonds. The Labute approximate surface area is 142 Å². The van der Waals surface area contributed by atoms with Crippen LogP contribution in [0.15, 0.2) is 61.2 Å². The Morgan fingerprint density at radius 3 is 2.50 bits per heavy atom. The molecular weight excluding hydrogens is 300 g/mol. The van der Waals surface area contributed by atoms with Crippen LogP contribution >= 0.6 is 0 Å². The summed E-state index contributed by atoms with van der Waals surface area (Å²) in [6.07, 6.45) is 3.69. The summed E-state index contributed by atoms with van der Waals surface area (Å²) < 4.78 is 11.4. The third-order valence-corrected chi connectivity index (χ3v) is 4.61. The van der Waals surface area contributed by atoms with Gasteiger partial charge in [0.25, 0.3) is 0 Å². The van der Waals surface area contributed by atoms with Crippen molar-refractivity contribution in [3.63, 3.8) is 0 Å². The second-order valence-electron chi connectivity index (χ2n) is 6.50. The molecule has 124 valence electrons. The minimum atomic E-state index is -1.53. The molecular formula is C21H22O3. The van der Waals surface area contributed by atoms with Crippen LogP contribution in [-0.2, 0) is 0 Å². The van der Waals surface area contributed by atoms with E-state index in [1.165, 1.54) is 0 Å². The lowest BCUT2D eigenvalue weighted by atomic mass is 9.75. The molecule has 0 saturated carbocycles. The first kappa shape index (κ1) is 16.3. The maximum atomic E-state index is 11.5. The lowest BCUT2D eigenvalue weighted by molar-refractivity contribution is -0.148. The van der Waals surface area contributed by atoms with Gasteiger partial charge in [0.1, 0.15) is 11.5 Å². The SMILES string of the molecule is C=CC(C)(C)C1(O)Oc2cc(OC)ccc2C=C1c1ccccc1. The fourth-order valence-electron chi connectivity index (χ4n) is 2.83. The summed E-state index contributed by atoms with van der Waals surface area (Å²) >= 11 is 0.